The SMILES string of the molecule is CCC1CC[NH+](CC(=O)C2=CCCC=C2)C[C@@H]1OC(=O)C(NS(=O)c1ccccc1)c1ccc(F)cc1. The van der Waals surface area contributed by atoms with Gasteiger partial charge in [-0.05, 0) is 49.1 Å². The minimum absolute atomic E-state index is 0.107. The number of esters is 1. The van der Waals surface area contributed by atoms with Crippen LogP contribution < -0.4 is 9.62 Å². The Morgan fingerprint density at radius 1 is 1.14 bits per heavy atom. The fourth-order valence-corrected chi connectivity index (χ4v) is 5.87. The van der Waals surface area contributed by atoms with E-state index in [9.17, 15) is 18.2 Å². The van der Waals surface area contributed by atoms with Gasteiger partial charge in [-0.3, -0.25) is 4.79 Å². The lowest BCUT2D eigenvalue weighted by atomic mass is 9.90. The highest BCUT2D eigenvalue weighted by atomic mass is 32.2. The maximum atomic E-state index is 13.6. The standard InChI is InChI=1S/C29H33FN2O4S/c1-2-21-17-18-32(19-26(33)22-9-5-3-6-10-22)20-27(21)36-29(34)28(23-13-15-24(30)16-14-23)31-37(35)25-11-7-4-8-12-25/h4-5,7-16,21,27-28,31H,2-3,6,17-20H2,1H3/p+1/t21?,27-,28?,37?/m0/s1. The monoisotopic (exact) mass is 525 g/mol. The second-order valence-electron chi connectivity index (χ2n) is 9.56. The van der Waals surface area contributed by atoms with Crippen LogP contribution in [0, 0.1) is 11.7 Å². The maximum Gasteiger partial charge on any atom is 0.329 e. The molecule has 5 atom stereocenters. The molecule has 0 spiro atoms. The van der Waals surface area contributed by atoms with Crippen molar-refractivity contribution in [2.24, 2.45) is 5.92 Å². The summed E-state index contributed by atoms with van der Waals surface area (Å²) in [6.45, 7) is 3.80. The number of rotatable bonds is 10. The first kappa shape index (κ1) is 27.1. The Kier molecular flexibility index (Phi) is 9.55. The van der Waals surface area contributed by atoms with E-state index in [0.29, 0.717) is 23.5 Å². The van der Waals surface area contributed by atoms with E-state index in [4.69, 9.17) is 4.74 Å². The van der Waals surface area contributed by atoms with Crippen molar-refractivity contribution in [1.29, 1.82) is 0 Å². The second-order valence-corrected chi connectivity index (χ2v) is 10.8. The van der Waals surface area contributed by atoms with Crippen molar-refractivity contribution in [2.75, 3.05) is 19.6 Å². The summed E-state index contributed by atoms with van der Waals surface area (Å²) in [6, 6.07) is 13.3. The van der Waals surface area contributed by atoms with Gasteiger partial charge in [0.05, 0.1) is 11.4 Å². The normalized spacial score (nSPS) is 23.1. The molecule has 2 N–H and O–H groups in total. The first-order valence-electron chi connectivity index (χ1n) is 12.9. The number of carbonyl (C=O) groups excluding carboxylic acids is 2. The first-order chi connectivity index (χ1) is 17.9. The van der Waals surface area contributed by atoms with Gasteiger partial charge in [0.25, 0.3) is 0 Å². The highest BCUT2D eigenvalue weighted by Crippen LogP contribution is 2.23. The molecule has 1 heterocycles. The van der Waals surface area contributed by atoms with Crippen molar-refractivity contribution in [3.05, 3.63) is 89.8 Å². The van der Waals surface area contributed by atoms with Gasteiger partial charge in [-0.2, -0.15) is 0 Å². The van der Waals surface area contributed by atoms with Gasteiger partial charge in [0.2, 0.25) is 5.78 Å². The molecule has 0 aromatic heterocycles. The summed E-state index contributed by atoms with van der Waals surface area (Å²) in [4.78, 5) is 27.9. The second kappa shape index (κ2) is 13.0. The molecule has 4 unspecified atom stereocenters. The molecule has 1 aliphatic heterocycles. The summed E-state index contributed by atoms with van der Waals surface area (Å²) in [6.07, 6.45) is 9.07. The van der Waals surface area contributed by atoms with Crippen LogP contribution in [0.25, 0.3) is 0 Å². The third-order valence-corrected chi connectivity index (χ3v) is 8.18. The van der Waals surface area contributed by atoms with Gasteiger partial charge in [0, 0.05) is 17.9 Å². The molecule has 196 valence electrons. The van der Waals surface area contributed by atoms with Gasteiger partial charge in [0.1, 0.15) is 35.9 Å². The van der Waals surface area contributed by atoms with Gasteiger partial charge in [-0.15, -0.1) is 0 Å². The molecule has 1 saturated heterocycles. The quantitative estimate of drug-likeness (QED) is 0.467. The number of halogens is 1. The average molecular weight is 526 g/mol. The number of Topliss-reactive ketones (excluding diaryl/α,β-unsaturated/α-hetero) is 1. The number of hydrogen-bond acceptors (Lipinski definition) is 4. The molecule has 6 nitrogen and oxygen atoms in total. The Hall–Kier alpha value is -2.94. The van der Waals surface area contributed by atoms with Gasteiger partial charge >= 0.3 is 5.97 Å². The van der Waals surface area contributed by atoms with Gasteiger partial charge in [-0.25, -0.2) is 18.1 Å². The largest absolute Gasteiger partial charge is 0.455 e. The molecule has 8 heteroatoms. The smallest absolute Gasteiger partial charge is 0.329 e. The number of ether oxygens (including phenoxy) is 1. The Balaban J connectivity index is 1.48. The lowest BCUT2D eigenvalue weighted by Crippen LogP contribution is -3.15. The minimum Gasteiger partial charge on any atom is -0.455 e. The number of quaternary nitrogens is 1. The molecule has 2 aromatic rings. The molecule has 0 radical (unpaired) electrons. The molecule has 2 aromatic carbocycles. The molecule has 2 aliphatic rings. The van der Waals surface area contributed by atoms with E-state index in [-0.39, 0.29) is 17.8 Å². The highest BCUT2D eigenvalue weighted by molar-refractivity contribution is 7.83. The van der Waals surface area contributed by atoms with Crippen molar-refractivity contribution < 1.29 is 27.8 Å². The number of ketones is 1. The van der Waals surface area contributed by atoms with E-state index in [1.165, 1.54) is 24.3 Å². The summed E-state index contributed by atoms with van der Waals surface area (Å²) >= 11 is 0. The van der Waals surface area contributed by atoms with Crippen LogP contribution in [0.5, 0.6) is 0 Å². The summed E-state index contributed by atoms with van der Waals surface area (Å²) in [5.41, 5.74) is 1.23. The first-order valence-corrected chi connectivity index (χ1v) is 14.0. The molecule has 0 amide bonds. The zero-order valence-electron chi connectivity index (χ0n) is 21.0. The number of piperidine rings is 1. The van der Waals surface area contributed by atoms with Crippen LogP contribution in [-0.2, 0) is 25.3 Å². The molecular weight excluding hydrogens is 491 g/mol. The number of nitrogens with one attached hydrogen (secondary N) is 2. The van der Waals surface area contributed by atoms with Gasteiger partial charge < -0.3 is 9.64 Å². The zero-order chi connectivity index (χ0) is 26.2. The molecule has 37 heavy (non-hydrogen) atoms. The summed E-state index contributed by atoms with van der Waals surface area (Å²) in [7, 11) is -1.68. The topological polar surface area (TPSA) is 76.9 Å². The fourth-order valence-electron chi connectivity index (χ4n) is 4.89. The van der Waals surface area contributed by atoms with Crippen LogP contribution in [0.1, 0.15) is 44.2 Å². The van der Waals surface area contributed by atoms with Crippen molar-refractivity contribution in [3.63, 3.8) is 0 Å². The van der Waals surface area contributed by atoms with Crippen molar-refractivity contribution in [1.82, 2.24) is 4.72 Å². The van der Waals surface area contributed by atoms with Crippen LogP contribution in [-0.4, -0.2) is 41.7 Å². The number of likely N-dealkylation sites (tertiary alicyclic amines) is 1. The molecular formula is C29H34FN2O4S+. The van der Waals surface area contributed by atoms with Crippen molar-refractivity contribution >= 4 is 22.7 Å². The third kappa shape index (κ3) is 7.31. The van der Waals surface area contributed by atoms with Gasteiger partial charge in [-0.1, -0.05) is 55.5 Å². The number of hydrogen-bond donors (Lipinski definition) is 2. The van der Waals surface area contributed by atoms with E-state index < -0.39 is 28.8 Å². The number of carbonyl (C=O) groups is 2. The average Bonchev–Trinajstić information content (AvgIpc) is 2.93. The van der Waals surface area contributed by atoms with Crippen LogP contribution in [0.3, 0.4) is 0 Å². The molecule has 0 saturated carbocycles. The predicted octanol–water partition coefficient (Wildman–Crippen LogP) is 3.25. The summed E-state index contributed by atoms with van der Waals surface area (Å²) in [5, 5.41) is 0. The van der Waals surface area contributed by atoms with E-state index in [1.807, 2.05) is 24.3 Å². The minimum atomic E-state index is -1.68. The molecule has 1 fully saturated rings. The Morgan fingerprint density at radius 3 is 2.57 bits per heavy atom. The van der Waals surface area contributed by atoms with Crippen molar-refractivity contribution in [2.45, 2.75) is 49.6 Å². The number of allylic oxidation sites excluding steroid dienone is 3. The lowest BCUT2D eigenvalue weighted by Gasteiger charge is -2.35. The van der Waals surface area contributed by atoms with Crippen LogP contribution >= 0.6 is 0 Å². The van der Waals surface area contributed by atoms with E-state index in [0.717, 1.165) is 42.7 Å². The third-order valence-electron chi connectivity index (χ3n) is 7.02. The fraction of sp³-hybridized carbons (Fsp3) is 0.379. The van der Waals surface area contributed by atoms with E-state index in [2.05, 4.69) is 11.6 Å². The summed E-state index contributed by atoms with van der Waals surface area (Å²) < 4.78 is 35.5. The Bertz CT molecular complexity index is 1170. The highest BCUT2D eigenvalue weighted by Gasteiger charge is 2.37. The van der Waals surface area contributed by atoms with Crippen LogP contribution in [0.15, 0.2) is 83.3 Å². The van der Waals surface area contributed by atoms with Gasteiger partial charge in [0.15, 0.2) is 6.10 Å². The molecule has 1 aliphatic carbocycles. The van der Waals surface area contributed by atoms with Crippen LogP contribution in [0.4, 0.5) is 4.39 Å². The Morgan fingerprint density at radius 2 is 1.89 bits per heavy atom. The molecule has 4 rings (SSSR count). The zero-order valence-corrected chi connectivity index (χ0v) is 21.8. The lowest BCUT2D eigenvalue weighted by molar-refractivity contribution is -0.901. The van der Waals surface area contributed by atoms with E-state index in [1.54, 1.807) is 24.3 Å². The predicted molar refractivity (Wildman–Crippen MR) is 140 cm³/mol. The summed E-state index contributed by atoms with van der Waals surface area (Å²) in [5.74, 6) is -0.713. The van der Waals surface area contributed by atoms with E-state index >= 15 is 0 Å². The maximum absolute atomic E-state index is 13.6. The Labute approximate surface area is 220 Å². The number of benzene rings is 2. The van der Waals surface area contributed by atoms with Crippen molar-refractivity contribution in [3.8, 4) is 0 Å². The molecule has 0 bridgehead atoms. The van der Waals surface area contributed by atoms with Crippen LogP contribution in [0.2, 0.25) is 0 Å².